The summed E-state index contributed by atoms with van der Waals surface area (Å²) in [6.45, 7) is 2.15. The molecule has 0 aromatic heterocycles. The maximum atomic E-state index is 3.41. The van der Waals surface area contributed by atoms with Gasteiger partial charge in [-0.1, -0.05) is 22.9 Å². The van der Waals surface area contributed by atoms with Gasteiger partial charge in [0.05, 0.1) is 0 Å². The van der Waals surface area contributed by atoms with Gasteiger partial charge in [-0.05, 0) is 6.26 Å². The topological polar surface area (TPSA) is 0 Å². The fourth-order valence-electron chi connectivity index (χ4n) is 0.230. The minimum Gasteiger partial charge on any atom is -0.164 e. The molecule has 0 spiro atoms. The SMILES string of the molecule is CSCC(C)Br. The molecule has 0 aliphatic heterocycles. The van der Waals surface area contributed by atoms with Crippen LogP contribution in [0.1, 0.15) is 6.92 Å². The molecule has 6 heavy (non-hydrogen) atoms. The first kappa shape index (κ1) is 6.83. The Morgan fingerprint density at radius 1 is 1.83 bits per heavy atom. The van der Waals surface area contributed by atoms with Crippen LogP contribution in [0.25, 0.3) is 0 Å². The second-order valence-electron chi connectivity index (χ2n) is 1.24. The van der Waals surface area contributed by atoms with Crippen LogP contribution < -0.4 is 0 Å². The van der Waals surface area contributed by atoms with Gasteiger partial charge >= 0.3 is 0 Å². The lowest BCUT2D eigenvalue weighted by Gasteiger charge is -1.93. The summed E-state index contributed by atoms with van der Waals surface area (Å²) in [4.78, 5) is 0.674. The van der Waals surface area contributed by atoms with Gasteiger partial charge in [-0.2, -0.15) is 11.8 Å². The minimum atomic E-state index is 0.674. The van der Waals surface area contributed by atoms with Crippen LogP contribution in [-0.4, -0.2) is 16.8 Å². The van der Waals surface area contributed by atoms with E-state index in [0.717, 1.165) is 0 Å². The number of rotatable bonds is 2. The van der Waals surface area contributed by atoms with E-state index in [0.29, 0.717) is 4.83 Å². The standard InChI is InChI=1S/C4H9BrS/c1-4(5)3-6-2/h4H,3H2,1-2H3. The first-order chi connectivity index (χ1) is 2.77. The number of halogens is 1. The molecule has 1 atom stereocenters. The first-order valence-corrected chi connectivity index (χ1v) is 4.21. The predicted octanol–water partition coefficient (Wildman–Crippen LogP) is 2.13. The van der Waals surface area contributed by atoms with E-state index in [1.54, 1.807) is 0 Å². The molecule has 0 heterocycles. The van der Waals surface area contributed by atoms with Crippen molar-refractivity contribution < 1.29 is 0 Å². The highest BCUT2D eigenvalue weighted by Gasteiger charge is 1.88. The highest BCUT2D eigenvalue weighted by Crippen LogP contribution is 2.03. The van der Waals surface area contributed by atoms with E-state index < -0.39 is 0 Å². The van der Waals surface area contributed by atoms with Crippen LogP contribution in [0.4, 0.5) is 0 Å². The van der Waals surface area contributed by atoms with Crippen LogP contribution >= 0.6 is 27.7 Å². The second-order valence-corrected chi connectivity index (χ2v) is 3.71. The summed E-state index contributed by atoms with van der Waals surface area (Å²) >= 11 is 5.28. The summed E-state index contributed by atoms with van der Waals surface area (Å²) in [5.74, 6) is 1.21. The zero-order chi connectivity index (χ0) is 4.99. The van der Waals surface area contributed by atoms with Gasteiger partial charge in [-0.3, -0.25) is 0 Å². The van der Waals surface area contributed by atoms with Gasteiger partial charge in [0.2, 0.25) is 0 Å². The average Bonchev–Trinajstić information content (AvgIpc) is 1.35. The van der Waals surface area contributed by atoms with Crippen LogP contribution in [0.15, 0.2) is 0 Å². The summed E-state index contributed by atoms with van der Waals surface area (Å²) < 4.78 is 0. The predicted molar refractivity (Wildman–Crippen MR) is 36.8 cm³/mol. The van der Waals surface area contributed by atoms with E-state index in [1.807, 2.05) is 11.8 Å². The monoisotopic (exact) mass is 168 g/mol. The molecular formula is C4H9BrS. The Morgan fingerprint density at radius 2 is 2.33 bits per heavy atom. The summed E-state index contributed by atoms with van der Waals surface area (Å²) in [6.07, 6.45) is 2.11. The lowest BCUT2D eigenvalue weighted by Crippen LogP contribution is -1.90. The molecule has 2 heteroatoms. The normalized spacial score (nSPS) is 14.5. The van der Waals surface area contributed by atoms with Gasteiger partial charge in [0.25, 0.3) is 0 Å². The third kappa shape index (κ3) is 4.83. The molecule has 0 radical (unpaired) electrons. The van der Waals surface area contributed by atoms with Crippen molar-refractivity contribution in [2.24, 2.45) is 0 Å². The highest BCUT2D eigenvalue weighted by molar-refractivity contribution is 9.09. The van der Waals surface area contributed by atoms with E-state index in [2.05, 4.69) is 29.1 Å². The van der Waals surface area contributed by atoms with E-state index in [9.17, 15) is 0 Å². The minimum absolute atomic E-state index is 0.674. The van der Waals surface area contributed by atoms with Crippen LogP contribution in [0.3, 0.4) is 0 Å². The zero-order valence-electron chi connectivity index (χ0n) is 4.07. The summed E-state index contributed by atoms with van der Waals surface area (Å²) in [5, 5.41) is 0. The van der Waals surface area contributed by atoms with Gasteiger partial charge < -0.3 is 0 Å². The third-order valence-corrected chi connectivity index (χ3v) is 1.98. The van der Waals surface area contributed by atoms with E-state index >= 15 is 0 Å². The van der Waals surface area contributed by atoms with E-state index in [-0.39, 0.29) is 0 Å². The van der Waals surface area contributed by atoms with Crippen LogP contribution in [0.5, 0.6) is 0 Å². The Bertz CT molecular complexity index is 28.7. The van der Waals surface area contributed by atoms with Crippen molar-refractivity contribution in [3.8, 4) is 0 Å². The van der Waals surface area contributed by atoms with Crippen molar-refractivity contribution in [2.45, 2.75) is 11.8 Å². The summed E-state index contributed by atoms with van der Waals surface area (Å²) in [5.41, 5.74) is 0. The smallest absolute Gasteiger partial charge is 0.0208 e. The average molecular weight is 169 g/mol. The van der Waals surface area contributed by atoms with Crippen molar-refractivity contribution >= 4 is 27.7 Å². The van der Waals surface area contributed by atoms with Crippen molar-refractivity contribution in [3.63, 3.8) is 0 Å². The molecule has 0 rings (SSSR count). The molecule has 0 aliphatic carbocycles. The number of thioether (sulfide) groups is 1. The molecule has 0 saturated carbocycles. The molecule has 0 bridgehead atoms. The molecule has 0 N–H and O–H groups in total. The van der Waals surface area contributed by atoms with E-state index in [1.165, 1.54) is 5.75 Å². The van der Waals surface area contributed by atoms with Crippen molar-refractivity contribution in [3.05, 3.63) is 0 Å². The second kappa shape index (κ2) is 4.00. The molecule has 0 amide bonds. The van der Waals surface area contributed by atoms with Crippen LogP contribution in [0.2, 0.25) is 0 Å². The van der Waals surface area contributed by atoms with Crippen molar-refractivity contribution in [2.75, 3.05) is 12.0 Å². The third-order valence-electron chi connectivity index (χ3n) is 0.396. The fourth-order valence-corrected chi connectivity index (χ4v) is 1.48. The maximum absolute atomic E-state index is 3.41. The van der Waals surface area contributed by atoms with E-state index in [4.69, 9.17) is 0 Å². The molecule has 0 saturated heterocycles. The molecule has 0 aromatic carbocycles. The zero-order valence-corrected chi connectivity index (χ0v) is 6.47. The van der Waals surface area contributed by atoms with Crippen LogP contribution in [0, 0.1) is 0 Å². The van der Waals surface area contributed by atoms with Gasteiger partial charge in [-0.15, -0.1) is 0 Å². The first-order valence-electron chi connectivity index (χ1n) is 1.90. The Morgan fingerprint density at radius 3 is 2.33 bits per heavy atom. The molecule has 0 aromatic rings. The molecule has 38 valence electrons. The number of alkyl halides is 1. The Hall–Kier alpha value is 0.830. The highest BCUT2D eigenvalue weighted by atomic mass is 79.9. The van der Waals surface area contributed by atoms with Crippen molar-refractivity contribution in [1.29, 1.82) is 0 Å². The van der Waals surface area contributed by atoms with Crippen LogP contribution in [-0.2, 0) is 0 Å². The molecule has 0 nitrogen and oxygen atoms in total. The Labute approximate surface area is 51.8 Å². The fraction of sp³-hybridized carbons (Fsp3) is 1.00. The molecular weight excluding hydrogens is 160 g/mol. The van der Waals surface area contributed by atoms with Gasteiger partial charge in [0, 0.05) is 10.6 Å². The number of hydrogen-bond donors (Lipinski definition) is 0. The van der Waals surface area contributed by atoms with Gasteiger partial charge in [0.15, 0.2) is 0 Å². The Kier molecular flexibility index (Phi) is 4.56. The molecule has 0 aliphatic rings. The Balaban J connectivity index is 2.63. The lowest BCUT2D eigenvalue weighted by molar-refractivity contribution is 1.16. The largest absolute Gasteiger partial charge is 0.164 e. The van der Waals surface area contributed by atoms with Gasteiger partial charge in [0.1, 0.15) is 0 Å². The maximum Gasteiger partial charge on any atom is 0.0208 e. The summed E-state index contributed by atoms with van der Waals surface area (Å²) in [6, 6.07) is 0. The van der Waals surface area contributed by atoms with Crippen molar-refractivity contribution in [1.82, 2.24) is 0 Å². The quantitative estimate of drug-likeness (QED) is 0.570. The lowest BCUT2D eigenvalue weighted by atomic mass is 10.6. The van der Waals surface area contributed by atoms with Gasteiger partial charge in [-0.25, -0.2) is 0 Å². The number of hydrogen-bond acceptors (Lipinski definition) is 1. The summed E-state index contributed by atoms with van der Waals surface area (Å²) in [7, 11) is 0. The molecule has 1 unspecified atom stereocenters. The molecule has 0 fully saturated rings.